The normalized spacial score (nSPS) is 10.7. The number of amides is 1. The zero-order chi connectivity index (χ0) is 21.8. The minimum absolute atomic E-state index is 0.313. The van der Waals surface area contributed by atoms with Crippen molar-refractivity contribution in [2.45, 2.75) is 6.42 Å². The summed E-state index contributed by atoms with van der Waals surface area (Å²) in [6.07, 6.45) is 0.600. The average molecular weight is 418 g/mol. The van der Waals surface area contributed by atoms with Gasteiger partial charge in [-0.15, -0.1) is 0 Å². The van der Waals surface area contributed by atoms with Gasteiger partial charge in [0, 0.05) is 17.7 Å². The molecule has 0 fully saturated rings. The Labute approximate surface area is 179 Å². The molecular weight excluding hydrogens is 396 g/mol. The lowest BCUT2D eigenvalue weighted by Crippen LogP contribution is -2.12. The number of rotatable bonds is 7. The van der Waals surface area contributed by atoms with E-state index in [4.69, 9.17) is 18.6 Å². The summed E-state index contributed by atoms with van der Waals surface area (Å²) < 4.78 is 21.8. The van der Waals surface area contributed by atoms with Crippen LogP contribution in [0.25, 0.3) is 11.1 Å². The van der Waals surface area contributed by atoms with Crippen molar-refractivity contribution in [1.29, 1.82) is 0 Å². The molecule has 0 aliphatic heterocycles. The Hall–Kier alpha value is -4.00. The Bertz CT molecular complexity index is 1190. The molecule has 4 aromatic rings. The summed E-state index contributed by atoms with van der Waals surface area (Å²) in [7, 11) is 4.52. The summed E-state index contributed by atoms with van der Waals surface area (Å²) in [5, 5.41) is 2.88. The van der Waals surface area contributed by atoms with Crippen molar-refractivity contribution in [2.75, 3.05) is 26.6 Å². The first-order valence-corrected chi connectivity index (χ1v) is 9.66. The Morgan fingerprint density at radius 2 is 1.65 bits per heavy atom. The van der Waals surface area contributed by atoms with Gasteiger partial charge >= 0.3 is 0 Å². The van der Waals surface area contributed by atoms with Gasteiger partial charge < -0.3 is 23.9 Å². The number of methoxy groups -OCH3 is 3. The maximum atomic E-state index is 12.8. The van der Waals surface area contributed by atoms with Crippen LogP contribution in [0.2, 0.25) is 0 Å². The number of fused-ring (bicyclic) bond motifs is 1. The van der Waals surface area contributed by atoms with Gasteiger partial charge in [0.2, 0.25) is 5.75 Å². The van der Waals surface area contributed by atoms with Crippen molar-refractivity contribution < 1.29 is 23.4 Å². The van der Waals surface area contributed by atoms with Crippen LogP contribution in [0, 0.1) is 0 Å². The zero-order valence-electron chi connectivity index (χ0n) is 17.5. The van der Waals surface area contributed by atoms with E-state index in [0.29, 0.717) is 51.9 Å². The first-order chi connectivity index (χ1) is 15.1. The van der Waals surface area contributed by atoms with Crippen molar-refractivity contribution in [3.63, 3.8) is 0 Å². The number of aromatic nitrogens is 1. The first-order valence-electron chi connectivity index (χ1n) is 9.66. The molecule has 0 unspecified atom stereocenters. The number of carbonyl (C=O) groups is 1. The van der Waals surface area contributed by atoms with E-state index < -0.39 is 0 Å². The van der Waals surface area contributed by atoms with Crippen LogP contribution >= 0.6 is 0 Å². The highest BCUT2D eigenvalue weighted by Crippen LogP contribution is 2.38. The van der Waals surface area contributed by atoms with Crippen LogP contribution in [0.1, 0.15) is 21.8 Å². The Balaban J connectivity index is 1.56. The number of nitrogens with one attached hydrogen (secondary N) is 1. The average Bonchev–Trinajstić information content (AvgIpc) is 3.20. The molecule has 7 nitrogen and oxygen atoms in total. The summed E-state index contributed by atoms with van der Waals surface area (Å²) in [5.74, 6) is 1.55. The molecule has 0 spiro atoms. The van der Waals surface area contributed by atoms with Gasteiger partial charge in [-0.05, 0) is 35.9 Å². The maximum Gasteiger partial charge on any atom is 0.255 e. The van der Waals surface area contributed by atoms with Gasteiger partial charge in [-0.1, -0.05) is 30.3 Å². The van der Waals surface area contributed by atoms with Crippen molar-refractivity contribution in [2.24, 2.45) is 0 Å². The number of hydrogen-bond acceptors (Lipinski definition) is 6. The van der Waals surface area contributed by atoms with E-state index in [0.717, 1.165) is 5.56 Å². The van der Waals surface area contributed by atoms with Crippen LogP contribution in [-0.2, 0) is 6.42 Å². The molecule has 1 heterocycles. The summed E-state index contributed by atoms with van der Waals surface area (Å²) in [4.78, 5) is 17.4. The zero-order valence-corrected chi connectivity index (χ0v) is 17.5. The van der Waals surface area contributed by atoms with E-state index in [-0.39, 0.29) is 5.91 Å². The lowest BCUT2D eigenvalue weighted by Gasteiger charge is -2.14. The summed E-state index contributed by atoms with van der Waals surface area (Å²) in [6.45, 7) is 0. The predicted octanol–water partition coefficient (Wildman–Crippen LogP) is 4.70. The topological polar surface area (TPSA) is 82.8 Å². The van der Waals surface area contributed by atoms with E-state index in [1.807, 2.05) is 30.3 Å². The molecule has 31 heavy (non-hydrogen) atoms. The summed E-state index contributed by atoms with van der Waals surface area (Å²) in [6, 6.07) is 18.5. The standard InChI is InChI=1S/C24H22N2O5/c1-28-20-12-16(13-21(29-2)23(20)30-3)24(27)25-17-9-10-19-18(14-17)26-22(31-19)11-15-7-5-4-6-8-15/h4-10,12-14H,11H2,1-3H3,(H,25,27). The minimum Gasteiger partial charge on any atom is -0.493 e. The van der Waals surface area contributed by atoms with E-state index >= 15 is 0 Å². The maximum absolute atomic E-state index is 12.8. The van der Waals surface area contributed by atoms with E-state index in [2.05, 4.69) is 10.3 Å². The van der Waals surface area contributed by atoms with Gasteiger partial charge in [-0.2, -0.15) is 0 Å². The summed E-state index contributed by atoms with van der Waals surface area (Å²) >= 11 is 0. The number of nitrogens with zero attached hydrogens (tertiary/aromatic N) is 1. The van der Waals surface area contributed by atoms with Crippen LogP contribution in [0.5, 0.6) is 17.2 Å². The van der Waals surface area contributed by atoms with Gasteiger partial charge in [0.05, 0.1) is 21.3 Å². The van der Waals surface area contributed by atoms with Crippen LogP contribution in [0.15, 0.2) is 65.1 Å². The monoisotopic (exact) mass is 418 g/mol. The fourth-order valence-corrected chi connectivity index (χ4v) is 3.31. The molecule has 0 saturated carbocycles. The molecule has 0 atom stereocenters. The second kappa shape index (κ2) is 8.79. The molecule has 3 aromatic carbocycles. The molecule has 1 amide bonds. The van der Waals surface area contributed by atoms with Crippen LogP contribution in [-0.4, -0.2) is 32.2 Å². The van der Waals surface area contributed by atoms with Crippen molar-refractivity contribution in [3.8, 4) is 17.2 Å². The smallest absolute Gasteiger partial charge is 0.255 e. The molecule has 1 N–H and O–H groups in total. The SMILES string of the molecule is COc1cc(C(=O)Nc2ccc3oc(Cc4ccccc4)nc3c2)cc(OC)c1OC. The molecule has 0 saturated heterocycles. The number of anilines is 1. The van der Waals surface area contributed by atoms with Gasteiger partial charge in [0.25, 0.3) is 5.91 Å². The van der Waals surface area contributed by atoms with Crippen LogP contribution < -0.4 is 19.5 Å². The van der Waals surface area contributed by atoms with Crippen molar-refractivity contribution in [1.82, 2.24) is 4.98 Å². The quantitative estimate of drug-likeness (QED) is 0.469. The Morgan fingerprint density at radius 3 is 2.29 bits per heavy atom. The fourth-order valence-electron chi connectivity index (χ4n) is 3.31. The molecular formula is C24H22N2O5. The Kier molecular flexibility index (Phi) is 5.75. The van der Waals surface area contributed by atoms with Crippen molar-refractivity contribution in [3.05, 3.63) is 77.7 Å². The molecule has 4 rings (SSSR count). The number of carbonyl (C=O) groups excluding carboxylic acids is 1. The molecule has 0 radical (unpaired) electrons. The van der Waals surface area contributed by atoms with Gasteiger partial charge in [0.1, 0.15) is 5.52 Å². The first kappa shape index (κ1) is 20.3. The number of ether oxygens (including phenoxy) is 3. The molecule has 0 aliphatic rings. The minimum atomic E-state index is -0.313. The Morgan fingerprint density at radius 1 is 0.935 bits per heavy atom. The van der Waals surface area contributed by atoms with Crippen LogP contribution in [0.3, 0.4) is 0 Å². The molecule has 7 heteroatoms. The van der Waals surface area contributed by atoms with E-state index in [1.54, 1.807) is 30.3 Å². The van der Waals surface area contributed by atoms with E-state index in [9.17, 15) is 4.79 Å². The van der Waals surface area contributed by atoms with E-state index in [1.165, 1.54) is 21.3 Å². The molecule has 0 aliphatic carbocycles. The second-order valence-corrected chi connectivity index (χ2v) is 6.82. The molecule has 0 bridgehead atoms. The molecule has 1 aromatic heterocycles. The van der Waals surface area contributed by atoms with Crippen molar-refractivity contribution >= 4 is 22.7 Å². The van der Waals surface area contributed by atoms with Gasteiger partial charge in [0.15, 0.2) is 23.0 Å². The highest BCUT2D eigenvalue weighted by molar-refractivity contribution is 6.05. The number of benzene rings is 3. The fraction of sp³-hybridized carbons (Fsp3) is 0.167. The lowest BCUT2D eigenvalue weighted by atomic mass is 10.1. The second-order valence-electron chi connectivity index (χ2n) is 6.82. The largest absolute Gasteiger partial charge is 0.493 e. The third-order valence-electron chi connectivity index (χ3n) is 4.81. The number of oxazole rings is 1. The highest BCUT2D eigenvalue weighted by atomic mass is 16.5. The third kappa shape index (κ3) is 4.30. The van der Waals surface area contributed by atoms with Gasteiger partial charge in [-0.3, -0.25) is 4.79 Å². The lowest BCUT2D eigenvalue weighted by molar-refractivity contribution is 0.102. The highest BCUT2D eigenvalue weighted by Gasteiger charge is 2.17. The summed E-state index contributed by atoms with van der Waals surface area (Å²) in [5.41, 5.74) is 3.43. The van der Waals surface area contributed by atoms with Gasteiger partial charge in [-0.25, -0.2) is 4.98 Å². The predicted molar refractivity (Wildman–Crippen MR) is 117 cm³/mol. The number of hydrogen-bond donors (Lipinski definition) is 1. The van der Waals surface area contributed by atoms with Crippen LogP contribution in [0.4, 0.5) is 5.69 Å². The third-order valence-corrected chi connectivity index (χ3v) is 4.81. The molecule has 158 valence electrons.